The quantitative estimate of drug-likeness (QED) is 0.764. The van der Waals surface area contributed by atoms with Gasteiger partial charge in [-0.15, -0.1) is 0 Å². The molecule has 0 fully saturated rings. The predicted molar refractivity (Wildman–Crippen MR) is 54.5 cm³/mol. The lowest BCUT2D eigenvalue weighted by Gasteiger charge is -2.13. The maximum absolute atomic E-state index is 8.81. The van der Waals surface area contributed by atoms with E-state index in [-0.39, 0.29) is 0 Å². The molecule has 0 heterocycles. The molecule has 0 radical (unpaired) electrons. The van der Waals surface area contributed by atoms with Crippen molar-refractivity contribution in [1.29, 1.82) is 5.26 Å². The van der Waals surface area contributed by atoms with Gasteiger partial charge in [0.1, 0.15) is 6.07 Å². The zero-order chi connectivity index (χ0) is 9.68. The predicted octanol–water partition coefficient (Wildman–Crippen LogP) is 2.77. The minimum atomic E-state index is 0.412. The van der Waals surface area contributed by atoms with Crippen LogP contribution in [-0.4, -0.2) is 6.04 Å². The van der Waals surface area contributed by atoms with Crippen LogP contribution in [0.4, 0.5) is 5.69 Å². The summed E-state index contributed by atoms with van der Waals surface area (Å²) >= 11 is 0. The van der Waals surface area contributed by atoms with E-state index < -0.39 is 0 Å². The molecule has 0 aliphatic heterocycles. The molecule has 0 amide bonds. The molecule has 0 aromatic heterocycles. The lowest BCUT2D eigenvalue weighted by atomic mass is 10.1. The summed E-state index contributed by atoms with van der Waals surface area (Å²) < 4.78 is 0. The molecule has 2 nitrogen and oxygen atoms in total. The van der Waals surface area contributed by atoms with Crippen LogP contribution in [-0.2, 0) is 0 Å². The molecule has 2 heteroatoms. The van der Waals surface area contributed by atoms with E-state index in [1.807, 2.05) is 24.3 Å². The van der Waals surface area contributed by atoms with E-state index in [4.69, 9.17) is 5.26 Å². The topological polar surface area (TPSA) is 35.8 Å². The second-order valence-electron chi connectivity index (χ2n) is 3.11. The van der Waals surface area contributed by atoms with Crippen molar-refractivity contribution < 1.29 is 0 Å². The standard InChI is InChI=1S/C11H14N2/c1-3-9(2)13-11-7-5-4-6-10(11)8-12/h4-7,9,13H,3H2,1-2H3. The van der Waals surface area contributed by atoms with E-state index in [0.29, 0.717) is 11.6 Å². The van der Waals surface area contributed by atoms with Crippen molar-refractivity contribution in [3.63, 3.8) is 0 Å². The molecular formula is C11H14N2. The smallest absolute Gasteiger partial charge is 0.101 e. The van der Waals surface area contributed by atoms with Crippen LogP contribution in [0.3, 0.4) is 0 Å². The van der Waals surface area contributed by atoms with Crippen molar-refractivity contribution in [2.45, 2.75) is 26.3 Å². The van der Waals surface area contributed by atoms with Crippen molar-refractivity contribution in [1.82, 2.24) is 0 Å². The normalized spacial score (nSPS) is 11.8. The average molecular weight is 174 g/mol. The number of nitrogens with zero attached hydrogens (tertiary/aromatic N) is 1. The Morgan fingerprint density at radius 2 is 2.15 bits per heavy atom. The zero-order valence-electron chi connectivity index (χ0n) is 8.04. The Balaban J connectivity index is 2.82. The number of hydrogen-bond donors (Lipinski definition) is 1. The second kappa shape index (κ2) is 4.51. The van der Waals surface area contributed by atoms with Crippen LogP contribution in [0.25, 0.3) is 0 Å². The summed E-state index contributed by atoms with van der Waals surface area (Å²) in [6.07, 6.45) is 1.06. The van der Waals surface area contributed by atoms with Crippen LogP contribution < -0.4 is 5.32 Å². The van der Waals surface area contributed by atoms with Crippen molar-refractivity contribution in [2.75, 3.05) is 5.32 Å². The molecule has 1 aromatic carbocycles. The highest BCUT2D eigenvalue weighted by atomic mass is 14.9. The van der Waals surface area contributed by atoms with Gasteiger partial charge in [0.05, 0.1) is 11.3 Å². The first-order valence-corrected chi connectivity index (χ1v) is 4.53. The highest BCUT2D eigenvalue weighted by Crippen LogP contribution is 2.15. The average Bonchev–Trinajstić information content (AvgIpc) is 2.18. The Morgan fingerprint density at radius 3 is 2.77 bits per heavy atom. The third-order valence-electron chi connectivity index (χ3n) is 2.06. The van der Waals surface area contributed by atoms with Crippen molar-refractivity contribution in [3.05, 3.63) is 29.8 Å². The Hall–Kier alpha value is -1.49. The number of para-hydroxylation sites is 1. The summed E-state index contributed by atoms with van der Waals surface area (Å²) in [4.78, 5) is 0. The minimum absolute atomic E-state index is 0.412. The summed E-state index contributed by atoms with van der Waals surface area (Å²) in [6, 6.07) is 10.1. The first-order chi connectivity index (χ1) is 6.27. The fourth-order valence-corrected chi connectivity index (χ4v) is 1.07. The fourth-order valence-electron chi connectivity index (χ4n) is 1.07. The van der Waals surface area contributed by atoms with Gasteiger partial charge in [-0.25, -0.2) is 0 Å². The summed E-state index contributed by atoms with van der Waals surface area (Å²) in [5.74, 6) is 0. The third kappa shape index (κ3) is 2.48. The van der Waals surface area contributed by atoms with Gasteiger partial charge < -0.3 is 5.32 Å². The maximum atomic E-state index is 8.81. The number of nitriles is 1. The third-order valence-corrected chi connectivity index (χ3v) is 2.06. The molecule has 1 rings (SSSR count). The molecule has 0 spiro atoms. The highest BCUT2D eigenvalue weighted by molar-refractivity contribution is 5.57. The molecule has 1 aromatic rings. The van der Waals surface area contributed by atoms with E-state index in [1.54, 1.807) is 0 Å². The lowest BCUT2D eigenvalue weighted by molar-refractivity contribution is 0.764. The number of hydrogen-bond acceptors (Lipinski definition) is 2. The lowest BCUT2D eigenvalue weighted by Crippen LogP contribution is -2.14. The first kappa shape index (κ1) is 9.60. The van der Waals surface area contributed by atoms with Crippen LogP contribution in [0.1, 0.15) is 25.8 Å². The van der Waals surface area contributed by atoms with Gasteiger partial charge in [0.15, 0.2) is 0 Å². The number of anilines is 1. The Labute approximate surface area is 79.2 Å². The van der Waals surface area contributed by atoms with Gasteiger partial charge in [0.25, 0.3) is 0 Å². The van der Waals surface area contributed by atoms with E-state index in [2.05, 4.69) is 25.2 Å². The molecule has 0 aliphatic carbocycles. The zero-order valence-corrected chi connectivity index (χ0v) is 8.04. The van der Waals surface area contributed by atoms with Crippen molar-refractivity contribution >= 4 is 5.69 Å². The van der Waals surface area contributed by atoms with Crippen LogP contribution in [0, 0.1) is 11.3 Å². The van der Waals surface area contributed by atoms with Gasteiger partial charge in [0.2, 0.25) is 0 Å². The number of rotatable bonds is 3. The first-order valence-electron chi connectivity index (χ1n) is 4.53. The Kier molecular flexibility index (Phi) is 3.33. The molecule has 68 valence electrons. The van der Waals surface area contributed by atoms with Crippen LogP contribution in [0.15, 0.2) is 24.3 Å². The molecule has 0 bridgehead atoms. The molecule has 13 heavy (non-hydrogen) atoms. The molecule has 1 N–H and O–H groups in total. The largest absolute Gasteiger partial charge is 0.382 e. The van der Waals surface area contributed by atoms with Crippen LogP contribution in [0.5, 0.6) is 0 Å². The number of nitrogens with one attached hydrogen (secondary N) is 1. The molecule has 0 saturated heterocycles. The van der Waals surface area contributed by atoms with Gasteiger partial charge in [-0.1, -0.05) is 19.1 Å². The fraction of sp³-hybridized carbons (Fsp3) is 0.364. The van der Waals surface area contributed by atoms with Crippen molar-refractivity contribution in [3.8, 4) is 6.07 Å². The SMILES string of the molecule is CCC(C)Nc1ccccc1C#N. The van der Waals surface area contributed by atoms with Crippen LogP contribution >= 0.6 is 0 Å². The Morgan fingerprint density at radius 1 is 1.46 bits per heavy atom. The van der Waals surface area contributed by atoms with Gasteiger partial charge >= 0.3 is 0 Å². The second-order valence-corrected chi connectivity index (χ2v) is 3.11. The van der Waals surface area contributed by atoms with E-state index in [0.717, 1.165) is 12.1 Å². The molecule has 1 atom stereocenters. The molecule has 0 aliphatic rings. The summed E-state index contributed by atoms with van der Waals surface area (Å²) in [5, 5.41) is 12.1. The maximum Gasteiger partial charge on any atom is 0.101 e. The Bertz CT molecular complexity index is 312. The molecular weight excluding hydrogens is 160 g/mol. The molecule has 0 saturated carbocycles. The van der Waals surface area contributed by atoms with Gasteiger partial charge in [-0.05, 0) is 25.5 Å². The van der Waals surface area contributed by atoms with E-state index in [1.165, 1.54) is 0 Å². The highest BCUT2D eigenvalue weighted by Gasteiger charge is 2.02. The monoisotopic (exact) mass is 174 g/mol. The van der Waals surface area contributed by atoms with E-state index in [9.17, 15) is 0 Å². The van der Waals surface area contributed by atoms with Crippen molar-refractivity contribution in [2.24, 2.45) is 0 Å². The number of benzene rings is 1. The van der Waals surface area contributed by atoms with Gasteiger partial charge in [-0.2, -0.15) is 5.26 Å². The van der Waals surface area contributed by atoms with Gasteiger partial charge in [-0.3, -0.25) is 0 Å². The van der Waals surface area contributed by atoms with Gasteiger partial charge in [0, 0.05) is 6.04 Å². The molecule has 1 unspecified atom stereocenters. The minimum Gasteiger partial charge on any atom is -0.382 e. The summed E-state index contributed by atoms with van der Waals surface area (Å²) in [6.45, 7) is 4.22. The summed E-state index contributed by atoms with van der Waals surface area (Å²) in [7, 11) is 0. The summed E-state index contributed by atoms with van der Waals surface area (Å²) in [5.41, 5.74) is 1.64. The van der Waals surface area contributed by atoms with Crippen LogP contribution in [0.2, 0.25) is 0 Å². The van der Waals surface area contributed by atoms with E-state index >= 15 is 0 Å².